The van der Waals surface area contributed by atoms with Crippen molar-refractivity contribution < 1.29 is 33.8 Å². The van der Waals surface area contributed by atoms with Gasteiger partial charge in [-0.15, -0.1) is 10.1 Å². The van der Waals surface area contributed by atoms with E-state index in [4.69, 9.17) is 4.74 Å². The summed E-state index contributed by atoms with van der Waals surface area (Å²) in [5.41, 5.74) is 0.838. The molecule has 2 amide bonds. The van der Waals surface area contributed by atoms with Crippen molar-refractivity contribution in [3.8, 4) is 0 Å². The fourth-order valence-electron chi connectivity index (χ4n) is 3.79. The minimum atomic E-state index is -0.944. The third-order valence-electron chi connectivity index (χ3n) is 5.58. The average Bonchev–Trinajstić information content (AvgIpc) is 3.36. The fourth-order valence-corrected chi connectivity index (χ4v) is 5.01. The zero-order valence-electron chi connectivity index (χ0n) is 21.0. The first-order valence-corrected chi connectivity index (χ1v) is 14.1. The number of hydrogen-bond acceptors (Lipinski definition) is 10. The molecule has 0 saturated carbocycles. The molecule has 1 aromatic rings. The van der Waals surface area contributed by atoms with Crippen molar-refractivity contribution in [2.45, 2.75) is 45.2 Å². The van der Waals surface area contributed by atoms with Gasteiger partial charge in [0.05, 0.1) is 0 Å². The summed E-state index contributed by atoms with van der Waals surface area (Å²) in [6, 6.07) is 7.57. The van der Waals surface area contributed by atoms with Crippen LogP contribution in [-0.4, -0.2) is 82.0 Å². The highest BCUT2D eigenvalue weighted by Gasteiger charge is 2.37. The largest absolute Gasteiger partial charge is 0.463 e. The van der Waals surface area contributed by atoms with Crippen molar-refractivity contribution in [3.05, 3.63) is 46.0 Å². The number of hydrogen-bond donors (Lipinski definition) is 1. The molecule has 37 heavy (non-hydrogen) atoms. The summed E-state index contributed by atoms with van der Waals surface area (Å²) in [5.74, 6) is -0.481. The Morgan fingerprint density at radius 2 is 1.89 bits per heavy atom. The normalized spacial score (nSPS) is 16.5. The summed E-state index contributed by atoms with van der Waals surface area (Å²) >= 11 is 2.42. The van der Waals surface area contributed by atoms with Gasteiger partial charge in [-0.2, -0.15) is 11.8 Å². The molecule has 2 rings (SSSR count). The molecule has 3 atom stereocenters. The second kappa shape index (κ2) is 16.1. The molecule has 13 heteroatoms. The van der Waals surface area contributed by atoms with E-state index < -0.39 is 35.0 Å². The standard InChI is InChI=1S/C24H33N3O8S2/c1-17(16-37-18(2)28)23(30)26-10-6-9-21(26)22(29)25-20(15-19-7-4-3-5-8-19)24(31)34-11-13-36-14-12-35-27(32)33/h3-5,7-8,17,20-21H,6,9-16H2,1-2H3,(H,25,29)/t17-,20-,21+/m1/s1. The molecule has 1 saturated heterocycles. The molecule has 1 aromatic carbocycles. The van der Waals surface area contributed by atoms with E-state index in [1.165, 1.54) is 23.6 Å². The molecule has 1 fully saturated rings. The Labute approximate surface area is 224 Å². The van der Waals surface area contributed by atoms with Crippen molar-refractivity contribution in [2.75, 3.05) is 37.0 Å². The van der Waals surface area contributed by atoms with Gasteiger partial charge in [0.2, 0.25) is 11.8 Å². The first-order chi connectivity index (χ1) is 17.7. The number of amides is 2. The molecular formula is C24H33N3O8S2. The molecule has 0 spiro atoms. The lowest BCUT2D eigenvalue weighted by Crippen LogP contribution is -2.52. The van der Waals surface area contributed by atoms with E-state index >= 15 is 0 Å². The lowest BCUT2D eigenvalue weighted by Gasteiger charge is -2.28. The maximum atomic E-state index is 13.2. The van der Waals surface area contributed by atoms with Crippen LogP contribution in [-0.2, 0) is 35.2 Å². The van der Waals surface area contributed by atoms with Gasteiger partial charge in [-0.25, -0.2) is 4.79 Å². The highest BCUT2D eigenvalue weighted by molar-refractivity contribution is 8.13. The Morgan fingerprint density at radius 3 is 2.57 bits per heavy atom. The fraction of sp³-hybridized carbons (Fsp3) is 0.583. The van der Waals surface area contributed by atoms with Gasteiger partial charge in [-0.3, -0.25) is 14.4 Å². The van der Waals surface area contributed by atoms with Crippen LogP contribution < -0.4 is 5.32 Å². The predicted octanol–water partition coefficient (Wildman–Crippen LogP) is 2.11. The van der Waals surface area contributed by atoms with Gasteiger partial charge in [-0.05, 0) is 18.4 Å². The molecule has 1 N–H and O–H groups in total. The molecule has 1 heterocycles. The molecule has 11 nitrogen and oxygen atoms in total. The van der Waals surface area contributed by atoms with Crippen LogP contribution in [0.4, 0.5) is 0 Å². The lowest BCUT2D eigenvalue weighted by molar-refractivity contribution is -0.756. The van der Waals surface area contributed by atoms with Crippen LogP contribution in [0.15, 0.2) is 30.3 Å². The molecule has 1 aliphatic heterocycles. The van der Waals surface area contributed by atoms with Crippen LogP contribution in [0.5, 0.6) is 0 Å². The highest BCUT2D eigenvalue weighted by atomic mass is 32.2. The Kier molecular flexibility index (Phi) is 13.3. The number of nitrogens with zero attached hydrogens (tertiary/aromatic N) is 2. The number of esters is 1. The Morgan fingerprint density at radius 1 is 1.19 bits per heavy atom. The summed E-state index contributed by atoms with van der Waals surface area (Å²) in [6.07, 6.45) is 1.38. The van der Waals surface area contributed by atoms with Crippen molar-refractivity contribution in [1.82, 2.24) is 10.2 Å². The average molecular weight is 556 g/mol. The maximum absolute atomic E-state index is 13.2. The minimum Gasteiger partial charge on any atom is -0.463 e. The van der Waals surface area contributed by atoms with Crippen LogP contribution in [0.1, 0.15) is 32.3 Å². The van der Waals surface area contributed by atoms with Gasteiger partial charge < -0.3 is 19.8 Å². The van der Waals surface area contributed by atoms with Gasteiger partial charge in [0.1, 0.15) is 25.3 Å². The number of thioether (sulfide) groups is 2. The molecule has 0 aromatic heterocycles. The number of rotatable bonds is 15. The van der Waals surface area contributed by atoms with E-state index in [2.05, 4.69) is 10.2 Å². The van der Waals surface area contributed by atoms with E-state index in [0.717, 1.165) is 17.3 Å². The van der Waals surface area contributed by atoms with Crippen molar-refractivity contribution in [3.63, 3.8) is 0 Å². The van der Waals surface area contributed by atoms with Gasteiger partial charge in [-0.1, -0.05) is 49.0 Å². The summed E-state index contributed by atoms with van der Waals surface area (Å²) < 4.78 is 5.37. The zero-order chi connectivity index (χ0) is 27.2. The highest BCUT2D eigenvalue weighted by Crippen LogP contribution is 2.22. The number of carbonyl (C=O) groups is 4. The molecule has 204 valence electrons. The predicted molar refractivity (Wildman–Crippen MR) is 140 cm³/mol. The summed E-state index contributed by atoms with van der Waals surface area (Å²) in [6.45, 7) is 3.65. The topological polar surface area (TPSA) is 145 Å². The molecule has 0 aliphatic carbocycles. The first kappa shape index (κ1) is 30.4. The van der Waals surface area contributed by atoms with Gasteiger partial charge in [0.15, 0.2) is 5.12 Å². The minimum absolute atomic E-state index is 0.0546. The SMILES string of the molecule is CC(=O)SC[C@@H](C)C(=O)N1CCC[C@H]1C(=O)N[C@H](Cc1ccccc1)C(=O)OCCSCCO[N+](=O)[O-]. The molecule has 0 unspecified atom stereocenters. The van der Waals surface area contributed by atoms with E-state index in [9.17, 15) is 29.3 Å². The van der Waals surface area contributed by atoms with Crippen LogP contribution in [0.2, 0.25) is 0 Å². The Balaban J connectivity index is 1.97. The number of benzene rings is 1. The van der Waals surface area contributed by atoms with Crippen LogP contribution in [0.3, 0.4) is 0 Å². The first-order valence-electron chi connectivity index (χ1n) is 12.0. The molecular weight excluding hydrogens is 522 g/mol. The molecule has 0 bridgehead atoms. The van der Waals surface area contributed by atoms with Crippen LogP contribution >= 0.6 is 23.5 Å². The summed E-state index contributed by atoms with van der Waals surface area (Å²) in [4.78, 5) is 66.2. The van der Waals surface area contributed by atoms with Gasteiger partial charge >= 0.3 is 5.97 Å². The van der Waals surface area contributed by atoms with Gasteiger partial charge in [0, 0.05) is 43.1 Å². The third-order valence-corrected chi connectivity index (χ3v) is 7.56. The van der Waals surface area contributed by atoms with E-state index in [1.807, 2.05) is 30.3 Å². The summed E-state index contributed by atoms with van der Waals surface area (Å²) in [7, 11) is 0. The number of likely N-dealkylation sites (tertiary alicyclic amines) is 1. The summed E-state index contributed by atoms with van der Waals surface area (Å²) in [5, 5.41) is 12.0. The Bertz CT molecular complexity index is 934. The maximum Gasteiger partial charge on any atom is 0.329 e. The second-order valence-electron chi connectivity index (χ2n) is 8.48. The zero-order valence-corrected chi connectivity index (χ0v) is 22.6. The van der Waals surface area contributed by atoms with Crippen molar-refractivity contribution >= 4 is 46.4 Å². The van der Waals surface area contributed by atoms with Crippen molar-refractivity contribution in [1.29, 1.82) is 0 Å². The Hall–Kier alpha value is -2.80. The number of nitrogens with one attached hydrogen (secondary N) is 1. The number of ether oxygens (including phenoxy) is 1. The third kappa shape index (κ3) is 11.0. The number of carbonyl (C=O) groups excluding carboxylic acids is 4. The lowest BCUT2D eigenvalue weighted by atomic mass is 10.0. The van der Waals surface area contributed by atoms with E-state index in [-0.39, 0.29) is 30.7 Å². The molecule has 0 radical (unpaired) electrons. The van der Waals surface area contributed by atoms with Gasteiger partial charge in [0.25, 0.3) is 5.09 Å². The molecule has 1 aliphatic rings. The quantitative estimate of drug-likeness (QED) is 0.148. The van der Waals surface area contributed by atoms with Crippen LogP contribution in [0.25, 0.3) is 0 Å². The van der Waals surface area contributed by atoms with E-state index in [1.54, 1.807) is 6.92 Å². The smallest absolute Gasteiger partial charge is 0.329 e. The monoisotopic (exact) mass is 555 g/mol. The van der Waals surface area contributed by atoms with Crippen molar-refractivity contribution in [2.24, 2.45) is 5.92 Å². The second-order valence-corrected chi connectivity index (χ2v) is 10.9. The van der Waals surface area contributed by atoms with Crippen LogP contribution in [0, 0.1) is 16.0 Å². The van der Waals surface area contributed by atoms with E-state index in [0.29, 0.717) is 36.6 Å².